The summed E-state index contributed by atoms with van der Waals surface area (Å²) in [6.45, 7) is 0. The predicted molar refractivity (Wildman–Crippen MR) is 102 cm³/mol. The molecule has 0 aliphatic rings. The van der Waals surface area contributed by atoms with Crippen LogP contribution in [0.3, 0.4) is 0 Å². The van der Waals surface area contributed by atoms with Crippen molar-refractivity contribution in [2.24, 2.45) is 0 Å². The molecule has 126 valence electrons. The van der Waals surface area contributed by atoms with Gasteiger partial charge in [-0.25, -0.2) is 4.98 Å². The molecule has 4 nitrogen and oxygen atoms in total. The van der Waals surface area contributed by atoms with Crippen molar-refractivity contribution in [2.45, 2.75) is 0 Å². The van der Waals surface area contributed by atoms with Gasteiger partial charge < -0.3 is 10.2 Å². The maximum absolute atomic E-state index is 11.9. The molecule has 2 aromatic carbocycles. The second-order valence-corrected chi connectivity index (χ2v) is 6.28. The molecule has 0 bridgehead atoms. The van der Waals surface area contributed by atoms with Crippen molar-refractivity contribution >= 4 is 29.0 Å². The Balaban J connectivity index is 1.78. The molecule has 0 fully saturated rings. The number of rotatable bonds is 4. The molecule has 0 unspecified atom stereocenters. The minimum atomic E-state index is -0.0191. The number of carbonyl (C=O) groups is 1. The van der Waals surface area contributed by atoms with E-state index in [1.54, 1.807) is 37.3 Å². The minimum Gasteiger partial charge on any atom is -0.345 e. The molecular formula is C20H18ClN3O. The maximum Gasteiger partial charge on any atom is 0.253 e. The second kappa shape index (κ2) is 7.36. The predicted octanol–water partition coefficient (Wildman–Crippen LogP) is 4.85. The van der Waals surface area contributed by atoms with Crippen molar-refractivity contribution in [1.29, 1.82) is 0 Å². The first-order valence-corrected chi connectivity index (χ1v) is 8.21. The van der Waals surface area contributed by atoms with Crippen molar-refractivity contribution in [3.63, 3.8) is 0 Å². The Morgan fingerprint density at radius 2 is 1.64 bits per heavy atom. The Labute approximate surface area is 152 Å². The van der Waals surface area contributed by atoms with E-state index < -0.39 is 0 Å². The fraction of sp³-hybridized carbons (Fsp3) is 0.100. The van der Waals surface area contributed by atoms with Gasteiger partial charge in [0.05, 0.1) is 0 Å². The lowest BCUT2D eigenvalue weighted by molar-refractivity contribution is 0.0827. The van der Waals surface area contributed by atoms with Crippen molar-refractivity contribution in [2.75, 3.05) is 19.4 Å². The van der Waals surface area contributed by atoms with Crippen LogP contribution in [0.5, 0.6) is 0 Å². The van der Waals surface area contributed by atoms with E-state index in [0.717, 1.165) is 22.6 Å². The van der Waals surface area contributed by atoms with Crippen LogP contribution < -0.4 is 5.32 Å². The van der Waals surface area contributed by atoms with E-state index in [9.17, 15) is 4.79 Å². The largest absolute Gasteiger partial charge is 0.345 e. The van der Waals surface area contributed by atoms with Crippen LogP contribution in [0.2, 0.25) is 5.02 Å². The van der Waals surface area contributed by atoms with E-state index in [1.807, 2.05) is 48.5 Å². The molecule has 3 rings (SSSR count). The molecule has 0 saturated carbocycles. The number of anilines is 2. The van der Waals surface area contributed by atoms with Crippen LogP contribution in [-0.2, 0) is 0 Å². The van der Waals surface area contributed by atoms with Crippen LogP contribution in [0, 0.1) is 0 Å². The molecule has 0 aliphatic carbocycles. The average Bonchev–Trinajstić information content (AvgIpc) is 2.62. The summed E-state index contributed by atoms with van der Waals surface area (Å²) in [7, 11) is 3.47. The Morgan fingerprint density at radius 3 is 2.28 bits per heavy atom. The van der Waals surface area contributed by atoms with E-state index in [1.165, 1.54) is 0 Å². The van der Waals surface area contributed by atoms with Crippen LogP contribution in [-0.4, -0.2) is 29.9 Å². The first-order chi connectivity index (χ1) is 12.0. The van der Waals surface area contributed by atoms with Gasteiger partial charge in [-0.15, -0.1) is 0 Å². The van der Waals surface area contributed by atoms with Gasteiger partial charge in [-0.05, 0) is 59.7 Å². The standard InChI is InChI=1S/C20H18ClN3O/c1-24(2)20(25)15-5-9-18(10-6-15)23-19-13-16(11-12-22-19)14-3-7-17(21)8-4-14/h3-13H,1-2H3,(H,22,23). The van der Waals surface area contributed by atoms with Gasteiger partial charge in [-0.3, -0.25) is 4.79 Å². The summed E-state index contributed by atoms with van der Waals surface area (Å²) in [5, 5.41) is 3.97. The Kier molecular flexibility index (Phi) is 5.00. The number of amides is 1. The van der Waals surface area contributed by atoms with Crippen LogP contribution in [0.4, 0.5) is 11.5 Å². The third-order valence-corrected chi connectivity index (χ3v) is 4.00. The van der Waals surface area contributed by atoms with E-state index in [0.29, 0.717) is 10.6 Å². The lowest BCUT2D eigenvalue weighted by atomic mass is 10.1. The Morgan fingerprint density at radius 1 is 0.960 bits per heavy atom. The van der Waals surface area contributed by atoms with Gasteiger partial charge in [0, 0.05) is 36.6 Å². The summed E-state index contributed by atoms with van der Waals surface area (Å²) in [6, 6.07) is 18.9. The third kappa shape index (κ3) is 4.17. The molecule has 0 aliphatic heterocycles. The molecule has 25 heavy (non-hydrogen) atoms. The molecule has 1 aromatic heterocycles. The summed E-state index contributed by atoms with van der Waals surface area (Å²) in [5.41, 5.74) is 3.64. The van der Waals surface area contributed by atoms with Gasteiger partial charge >= 0.3 is 0 Å². The normalized spacial score (nSPS) is 10.4. The molecule has 1 N–H and O–H groups in total. The van der Waals surface area contributed by atoms with Crippen molar-refractivity contribution in [3.05, 3.63) is 77.4 Å². The number of hydrogen-bond acceptors (Lipinski definition) is 3. The van der Waals surface area contributed by atoms with Gasteiger partial charge in [0.25, 0.3) is 5.91 Å². The van der Waals surface area contributed by atoms with Crippen molar-refractivity contribution in [1.82, 2.24) is 9.88 Å². The van der Waals surface area contributed by atoms with Crippen molar-refractivity contribution < 1.29 is 4.79 Å². The second-order valence-electron chi connectivity index (χ2n) is 5.84. The minimum absolute atomic E-state index is 0.0191. The van der Waals surface area contributed by atoms with Crippen molar-refractivity contribution in [3.8, 4) is 11.1 Å². The van der Waals surface area contributed by atoms with Gasteiger partial charge in [-0.2, -0.15) is 0 Å². The highest BCUT2D eigenvalue weighted by Crippen LogP contribution is 2.24. The number of hydrogen-bond donors (Lipinski definition) is 1. The zero-order valence-corrected chi connectivity index (χ0v) is 14.8. The van der Waals surface area contributed by atoms with Gasteiger partial charge in [-0.1, -0.05) is 23.7 Å². The molecule has 1 amide bonds. The quantitative estimate of drug-likeness (QED) is 0.731. The van der Waals surface area contributed by atoms with E-state index in [2.05, 4.69) is 10.3 Å². The smallest absolute Gasteiger partial charge is 0.253 e. The fourth-order valence-corrected chi connectivity index (χ4v) is 2.55. The van der Waals surface area contributed by atoms with Gasteiger partial charge in [0.15, 0.2) is 0 Å². The monoisotopic (exact) mass is 351 g/mol. The number of aromatic nitrogens is 1. The number of carbonyl (C=O) groups excluding carboxylic acids is 1. The Bertz CT molecular complexity index is 874. The molecule has 0 atom stereocenters. The molecule has 3 aromatic rings. The lowest BCUT2D eigenvalue weighted by Crippen LogP contribution is -2.21. The summed E-state index contributed by atoms with van der Waals surface area (Å²) < 4.78 is 0. The first kappa shape index (κ1) is 17.0. The lowest BCUT2D eigenvalue weighted by Gasteiger charge is -2.11. The molecule has 0 spiro atoms. The van der Waals surface area contributed by atoms with Crippen LogP contribution in [0.25, 0.3) is 11.1 Å². The third-order valence-electron chi connectivity index (χ3n) is 3.75. The van der Waals surface area contributed by atoms with Crippen LogP contribution in [0.1, 0.15) is 10.4 Å². The number of halogens is 1. The zero-order valence-electron chi connectivity index (χ0n) is 14.0. The highest BCUT2D eigenvalue weighted by Gasteiger charge is 2.07. The number of benzene rings is 2. The topological polar surface area (TPSA) is 45.2 Å². The van der Waals surface area contributed by atoms with Gasteiger partial charge in [0.2, 0.25) is 0 Å². The molecule has 0 saturated heterocycles. The van der Waals surface area contributed by atoms with E-state index in [4.69, 9.17) is 11.6 Å². The first-order valence-electron chi connectivity index (χ1n) is 7.84. The summed E-state index contributed by atoms with van der Waals surface area (Å²) in [5.74, 6) is 0.716. The van der Waals surface area contributed by atoms with Crippen LogP contribution >= 0.6 is 11.6 Å². The van der Waals surface area contributed by atoms with E-state index >= 15 is 0 Å². The van der Waals surface area contributed by atoms with Crippen LogP contribution in [0.15, 0.2) is 66.9 Å². The van der Waals surface area contributed by atoms with Gasteiger partial charge in [0.1, 0.15) is 5.82 Å². The summed E-state index contributed by atoms with van der Waals surface area (Å²) in [4.78, 5) is 17.8. The number of pyridine rings is 1. The molecule has 0 radical (unpaired) electrons. The SMILES string of the molecule is CN(C)C(=O)c1ccc(Nc2cc(-c3ccc(Cl)cc3)ccn2)cc1. The summed E-state index contributed by atoms with van der Waals surface area (Å²) in [6.07, 6.45) is 1.76. The number of nitrogens with one attached hydrogen (secondary N) is 1. The molecule has 5 heteroatoms. The molecule has 1 heterocycles. The highest BCUT2D eigenvalue weighted by atomic mass is 35.5. The average molecular weight is 352 g/mol. The zero-order chi connectivity index (χ0) is 17.8. The maximum atomic E-state index is 11.9. The number of nitrogens with zero attached hydrogens (tertiary/aromatic N) is 2. The summed E-state index contributed by atoms with van der Waals surface area (Å²) >= 11 is 5.94. The highest BCUT2D eigenvalue weighted by molar-refractivity contribution is 6.30. The molecular weight excluding hydrogens is 334 g/mol. The van der Waals surface area contributed by atoms with E-state index in [-0.39, 0.29) is 5.91 Å². The fourth-order valence-electron chi connectivity index (χ4n) is 2.42. The Hall–Kier alpha value is -2.85.